The highest BCUT2D eigenvalue weighted by Gasteiger charge is 2.52. The number of nitrogens with one attached hydrogen (secondary N) is 2. The molecule has 6 nitrogen and oxygen atoms in total. The van der Waals surface area contributed by atoms with Crippen molar-refractivity contribution in [3.8, 4) is 0 Å². The standard InChI is InChI=1S/C24H29N3O3/c1-5-15-24(17-11-7-6-8-12-17)21(29)27(22(30)26-24)16-20(28)25-19-14-10-9-13-18(19)23(2,3)4/h6-14H,5,15-16H2,1-4H3,(H,25,28)(H,26,30)/t24-/m1/s1. The van der Waals surface area contributed by atoms with E-state index < -0.39 is 17.5 Å². The summed E-state index contributed by atoms with van der Waals surface area (Å²) in [6.45, 7) is 7.82. The largest absolute Gasteiger partial charge is 0.325 e. The van der Waals surface area contributed by atoms with Gasteiger partial charge in [0.2, 0.25) is 5.91 Å². The van der Waals surface area contributed by atoms with Crippen LogP contribution in [0.1, 0.15) is 51.7 Å². The maximum atomic E-state index is 13.3. The van der Waals surface area contributed by atoms with Crippen molar-refractivity contribution in [1.29, 1.82) is 0 Å². The summed E-state index contributed by atoms with van der Waals surface area (Å²) in [5, 5.41) is 5.72. The minimum Gasteiger partial charge on any atom is -0.324 e. The summed E-state index contributed by atoms with van der Waals surface area (Å²) in [5.74, 6) is -0.796. The SMILES string of the molecule is CCC[C@]1(c2ccccc2)NC(=O)N(CC(=O)Nc2ccccc2C(C)(C)C)C1=O. The highest BCUT2D eigenvalue weighted by atomic mass is 16.2. The second kappa shape index (κ2) is 8.30. The van der Waals surface area contributed by atoms with E-state index in [0.717, 1.165) is 16.0 Å². The third-order valence-electron chi connectivity index (χ3n) is 5.38. The van der Waals surface area contributed by atoms with Crippen LogP contribution >= 0.6 is 0 Å². The predicted octanol–water partition coefficient (Wildman–Crippen LogP) is 4.17. The van der Waals surface area contributed by atoms with Crippen molar-refractivity contribution in [2.75, 3.05) is 11.9 Å². The molecular formula is C24H29N3O3. The number of imide groups is 1. The Hall–Kier alpha value is -3.15. The Morgan fingerprint density at radius 1 is 1.03 bits per heavy atom. The molecule has 1 saturated heterocycles. The van der Waals surface area contributed by atoms with Crippen LogP contribution in [0.4, 0.5) is 10.5 Å². The Kier molecular flexibility index (Phi) is 5.97. The molecule has 0 spiro atoms. The number of hydrogen-bond donors (Lipinski definition) is 2. The summed E-state index contributed by atoms with van der Waals surface area (Å²) >= 11 is 0. The molecule has 30 heavy (non-hydrogen) atoms. The minimum absolute atomic E-state index is 0.158. The molecular weight excluding hydrogens is 378 g/mol. The number of rotatable bonds is 6. The average molecular weight is 408 g/mol. The molecule has 4 amide bonds. The average Bonchev–Trinajstić information content (AvgIpc) is 2.93. The summed E-state index contributed by atoms with van der Waals surface area (Å²) < 4.78 is 0. The first kappa shape index (κ1) is 21.6. The van der Waals surface area contributed by atoms with Crippen LogP contribution in [0.15, 0.2) is 54.6 Å². The number of para-hydroxylation sites is 1. The number of carbonyl (C=O) groups is 3. The van der Waals surface area contributed by atoms with Gasteiger partial charge in [-0.3, -0.25) is 14.5 Å². The van der Waals surface area contributed by atoms with Gasteiger partial charge in [0.15, 0.2) is 0 Å². The number of urea groups is 1. The minimum atomic E-state index is -1.13. The van der Waals surface area contributed by atoms with Crippen molar-refractivity contribution in [1.82, 2.24) is 10.2 Å². The fourth-order valence-corrected chi connectivity index (χ4v) is 3.96. The molecule has 1 heterocycles. The topological polar surface area (TPSA) is 78.5 Å². The summed E-state index contributed by atoms with van der Waals surface area (Å²) in [5.41, 5.74) is 1.11. The molecule has 1 fully saturated rings. The van der Waals surface area contributed by atoms with E-state index in [4.69, 9.17) is 0 Å². The summed E-state index contributed by atoms with van der Waals surface area (Å²) in [6.07, 6.45) is 1.17. The lowest BCUT2D eigenvalue weighted by molar-refractivity contribution is -0.134. The van der Waals surface area contributed by atoms with Gasteiger partial charge in [0.1, 0.15) is 12.1 Å². The van der Waals surface area contributed by atoms with Crippen LogP contribution in [-0.2, 0) is 20.5 Å². The van der Waals surface area contributed by atoms with Gasteiger partial charge >= 0.3 is 6.03 Å². The number of hydrogen-bond acceptors (Lipinski definition) is 3. The number of carbonyl (C=O) groups excluding carboxylic acids is 3. The summed E-state index contributed by atoms with van der Waals surface area (Å²) in [4.78, 5) is 39.8. The molecule has 1 aliphatic rings. The molecule has 1 atom stereocenters. The maximum Gasteiger partial charge on any atom is 0.325 e. The Morgan fingerprint density at radius 3 is 2.30 bits per heavy atom. The number of amides is 4. The normalized spacial score (nSPS) is 19.0. The van der Waals surface area contributed by atoms with Gasteiger partial charge in [0.05, 0.1) is 0 Å². The second-order valence-corrected chi connectivity index (χ2v) is 8.69. The van der Waals surface area contributed by atoms with Crippen molar-refractivity contribution in [2.24, 2.45) is 0 Å². The van der Waals surface area contributed by atoms with Gasteiger partial charge in [-0.1, -0.05) is 82.6 Å². The lowest BCUT2D eigenvalue weighted by Crippen LogP contribution is -2.44. The van der Waals surface area contributed by atoms with E-state index >= 15 is 0 Å². The van der Waals surface area contributed by atoms with E-state index in [1.54, 1.807) is 0 Å². The van der Waals surface area contributed by atoms with Gasteiger partial charge in [-0.05, 0) is 29.0 Å². The van der Waals surface area contributed by atoms with Crippen LogP contribution in [0, 0.1) is 0 Å². The zero-order chi connectivity index (χ0) is 21.9. The molecule has 2 aromatic rings. The maximum absolute atomic E-state index is 13.3. The molecule has 158 valence electrons. The lowest BCUT2D eigenvalue weighted by Gasteiger charge is -2.27. The first-order chi connectivity index (χ1) is 14.2. The molecule has 6 heteroatoms. The van der Waals surface area contributed by atoms with E-state index in [0.29, 0.717) is 18.5 Å². The Morgan fingerprint density at radius 2 is 1.67 bits per heavy atom. The molecule has 0 unspecified atom stereocenters. The molecule has 0 radical (unpaired) electrons. The quantitative estimate of drug-likeness (QED) is 0.706. The van der Waals surface area contributed by atoms with Gasteiger partial charge in [-0.2, -0.15) is 0 Å². The molecule has 0 saturated carbocycles. The van der Waals surface area contributed by atoms with Crippen molar-refractivity contribution in [3.05, 3.63) is 65.7 Å². The van der Waals surface area contributed by atoms with Crippen LogP contribution in [0.2, 0.25) is 0 Å². The first-order valence-electron chi connectivity index (χ1n) is 10.3. The van der Waals surface area contributed by atoms with Gasteiger partial charge in [-0.15, -0.1) is 0 Å². The van der Waals surface area contributed by atoms with Crippen molar-refractivity contribution >= 4 is 23.5 Å². The fourth-order valence-electron chi connectivity index (χ4n) is 3.96. The van der Waals surface area contributed by atoms with Gasteiger partial charge in [-0.25, -0.2) is 4.79 Å². The highest BCUT2D eigenvalue weighted by molar-refractivity contribution is 6.10. The molecule has 0 bridgehead atoms. The lowest BCUT2D eigenvalue weighted by atomic mass is 9.85. The molecule has 3 rings (SSSR count). The number of anilines is 1. The van der Waals surface area contributed by atoms with Crippen LogP contribution in [0.5, 0.6) is 0 Å². The van der Waals surface area contributed by atoms with Crippen molar-refractivity contribution in [2.45, 2.75) is 51.5 Å². The summed E-state index contributed by atoms with van der Waals surface area (Å²) in [6, 6.07) is 16.2. The third kappa shape index (κ3) is 4.08. The first-order valence-corrected chi connectivity index (χ1v) is 10.3. The molecule has 2 N–H and O–H groups in total. The molecule has 0 aromatic heterocycles. The Labute approximate surface area is 177 Å². The van der Waals surface area contributed by atoms with Gasteiger partial charge in [0.25, 0.3) is 5.91 Å². The van der Waals surface area contributed by atoms with Gasteiger partial charge < -0.3 is 10.6 Å². The number of nitrogens with zero attached hydrogens (tertiary/aromatic N) is 1. The van der Waals surface area contributed by atoms with Crippen molar-refractivity contribution < 1.29 is 14.4 Å². The van der Waals surface area contributed by atoms with Crippen LogP contribution in [-0.4, -0.2) is 29.3 Å². The van der Waals surface area contributed by atoms with E-state index in [9.17, 15) is 14.4 Å². The molecule has 1 aliphatic heterocycles. The monoisotopic (exact) mass is 407 g/mol. The van der Waals surface area contributed by atoms with E-state index in [2.05, 4.69) is 31.4 Å². The fraction of sp³-hybridized carbons (Fsp3) is 0.375. The number of benzene rings is 2. The van der Waals surface area contributed by atoms with Gasteiger partial charge in [0, 0.05) is 5.69 Å². The predicted molar refractivity (Wildman–Crippen MR) is 117 cm³/mol. The summed E-state index contributed by atoms with van der Waals surface area (Å²) in [7, 11) is 0. The van der Waals surface area contributed by atoms with E-state index in [1.165, 1.54) is 0 Å². The van der Waals surface area contributed by atoms with Crippen LogP contribution in [0.25, 0.3) is 0 Å². The van der Waals surface area contributed by atoms with Crippen LogP contribution in [0.3, 0.4) is 0 Å². The molecule has 0 aliphatic carbocycles. The highest BCUT2D eigenvalue weighted by Crippen LogP contribution is 2.34. The zero-order valence-electron chi connectivity index (χ0n) is 18.0. The molecule has 2 aromatic carbocycles. The van der Waals surface area contributed by atoms with E-state index in [1.807, 2.05) is 61.5 Å². The second-order valence-electron chi connectivity index (χ2n) is 8.69. The smallest absolute Gasteiger partial charge is 0.324 e. The van der Waals surface area contributed by atoms with Crippen LogP contribution < -0.4 is 10.6 Å². The Bertz CT molecular complexity index is 950. The zero-order valence-corrected chi connectivity index (χ0v) is 18.0. The van der Waals surface area contributed by atoms with Crippen molar-refractivity contribution in [3.63, 3.8) is 0 Å². The van der Waals surface area contributed by atoms with E-state index in [-0.39, 0.29) is 17.9 Å². The third-order valence-corrected chi connectivity index (χ3v) is 5.38. The Balaban J connectivity index is 1.82.